The molecule has 2 rings (SSSR count). The van der Waals surface area contributed by atoms with Gasteiger partial charge in [-0.15, -0.1) is 0 Å². The molecule has 1 aromatic rings. The minimum Gasteiger partial charge on any atom is -0.450 e. The number of carbonyl (C=O) groups is 2. The van der Waals surface area contributed by atoms with Crippen molar-refractivity contribution < 1.29 is 14.3 Å². The lowest BCUT2D eigenvalue weighted by atomic mass is 9.96. The first kappa shape index (κ1) is 20.9. The van der Waals surface area contributed by atoms with Gasteiger partial charge in [0.05, 0.1) is 18.7 Å². The van der Waals surface area contributed by atoms with Crippen LogP contribution in [0.25, 0.3) is 0 Å². The molecule has 0 bridgehead atoms. The summed E-state index contributed by atoms with van der Waals surface area (Å²) in [6, 6.07) is -0.146. The fraction of sp³-hybridized carbons (Fsp3) is 0.684. The van der Waals surface area contributed by atoms with Crippen LogP contribution in [0.4, 0.5) is 10.6 Å². The van der Waals surface area contributed by atoms with E-state index in [1.54, 1.807) is 25.5 Å². The van der Waals surface area contributed by atoms with Gasteiger partial charge >= 0.3 is 6.09 Å². The number of anilines is 1. The minimum absolute atomic E-state index is 0.0167. The number of nitrogens with zero attached hydrogens (tertiary/aromatic N) is 3. The highest BCUT2D eigenvalue weighted by Gasteiger charge is 2.27. The number of hydrogen-bond acceptors (Lipinski definition) is 6. The van der Waals surface area contributed by atoms with Crippen LogP contribution in [-0.4, -0.2) is 54.3 Å². The Kier molecular flexibility index (Phi) is 8.29. The monoisotopic (exact) mass is 377 g/mol. The van der Waals surface area contributed by atoms with Crippen LogP contribution in [0.5, 0.6) is 0 Å². The molecule has 2 atom stereocenters. The lowest BCUT2D eigenvalue weighted by Gasteiger charge is -2.33. The Hall–Kier alpha value is -2.38. The number of amides is 2. The van der Waals surface area contributed by atoms with Crippen LogP contribution in [0.3, 0.4) is 0 Å². The van der Waals surface area contributed by atoms with Crippen molar-refractivity contribution in [3.05, 3.63) is 18.6 Å². The number of piperidine rings is 1. The van der Waals surface area contributed by atoms with E-state index < -0.39 is 6.09 Å². The molecule has 1 aromatic heterocycles. The van der Waals surface area contributed by atoms with Gasteiger partial charge < -0.3 is 20.3 Å². The van der Waals surface area contributed by atoms with Gasteiger partial charge in [-0.3, -0.25) is 9.78 Å². The molecule has 1 saturated heterocycles. The van der Waals surface area contributed by atoms with Crippen molar-refractivity contribution in [2.75, 3.05) is 31.1 Å². The van der Waals surface area contributed by atoms with E-state index in [9.17, 15) is 9.59 Å². The summed E-state index contributed by atoms with van der Waals surface area (Å²) in [5.74, 6) is 1.12. The SMILES string of the molecule is CCOC(=O)NC(CNC(=O)C1CCCN(c2cnccn2)C1)CC(C)C. The molecule has 2 unspecified atom stereocenters. The van der Waals surface area contributed by atoms with Gasteiger partial charge in [-0.1, -0.05) is 13.8 Å². The number of ether oxygens (including phenoxy) is 1. The summed E-state index contributed by atoms with van der Waals surface area (Å²) in [6.45, 7) is 8.17. The topological polar surface area (TPSA) is 96.5 Å². The molecule has 2 heterocycles. The van der Waals surface area contributed by atoms with Crippen molar-refractivity contribution in [3.8, 4) is 0 Å². The highest BCUT2D eigenvalue weighted by Crippen LogP contribution is 2.21. The Balaban J connectivity index is 1.87. The van der Waals surface area contributed by atoms with E-state index in [4.69, 9.17) is 4.74 Å². The first-order valence-electron chi connectivity index (χ1n) is 9.71. The first-order valence-corrected chi connectivity index (χ1v) is 9.71. The van der Waals surface area contributed by atoms with E-state index >= 15 is 0 Å². The molecule has 150 valence electrons. The summed E-state index contributed by atoms with van der Waals surface area (Å²) >= 11 is 0. The predicted molar refractivity (Wildman–Crippen MR) is 103 cm³/mol. The van der Waals surface area contributed by atoms with E-state index in [-0.39, 0.29) is 17.9 Å². The zero-order valence-electron chi connectivity index (χ0n) is 16.5. The summed E-state index contributed by atoms with van der Waals surface area (Å²) in [5.41, 5.74) is 0. The molecule has 1 aliphatic heterocycles. The number of hydrogen-bond donors (Lipinski definition) is 2. The molecule has 27 heavy (non-hydrogen) atoms. The zero-order chi connectivity index (χ0) is 19.6. The molecule has 0 aromatic carbocycles. The fourth-order valence-electron chi connectivity index (χ4n) is 3.32. The molecule has 2 N–H and O–H groups in total. The van der Waals surface area contributed by atoms with E-state index in [1.165, 1.54) is 0 Å². The highest BCUT2D eigenvalue weighted by molar-refractivity contribution is 5.79. The predicted octanol–water partition coefficient (Wildman–Crippen LogP) is 1.97. The molecule has 0 aliphatic carbocycles. The fourth-order valence-corrected chi connectivity index (χ4v) is 3.32. The normalized spacial score (nSPS) is 18.1. The average molecular weight is 377 g/mol. The van der Waals surface area contributed by atoms with Crippen molar-refractivity contribution in [1.29, 1.82) is 0 Å². The lowest BCUT2D eigenvalue weighted by molar-refractivity contribution is -0.125. The molecule has 0 saturated carbocycles. The number of alkyl carbamates (subject to hydrolysis) is 1. The van der Waals surface area contributed by atoms with Gasteiger partial charge in [-0.05, 0) is 32.1 Å². The number of rotatable bonds is 8. The summed E-state index contributed by atoms with van der Waals surface area (Å²) in [4.78, 5) is 34.9. The molecule has 8 nitrogen and oxygen atoms in total. The number of carbonyl (C=O) groups excluding carboxylic acids is 2. The van der Waals surface area contributed by atoms with Crippen molar-refractivity contribution >= 4 is 17.8 Å². The summed E-state index contributed by atoms with van der Waals surface area (Å²) in [5, 5.41) is 5.84. The second kappa shape index (κ2) is 10.7. The lowest BCUT2D eigenvalue weighted by Crippen LogP contribution is -2.48. The maximum Gasteiger partial charge on any atom is 0.407 e. The third-order valence-corrected chi connectivity index (χ3v) is 4.54. The molecule has 1 aliphatic rings. The van der Waals surface area contributed by atoms with E-state index in [2.05, 4.69) is 39.3 Å². The Morgan fingerprint density at radius 2 is 2.19 bits per heavy atom. The van der Waals surface area contributed by atoms with Crippen LogP contribution in [0.15, 0.2) is 18.6 Å². The van der Waals surface area contributed by atoms with Crippen LogP contribution in [-0.2, 0) is 9.53 Å². The molecule has 0 radical (unpaired) electrons. The average Bonchev–Trinajstić information content (AvgIpc) is 2.66. The minimum atomic E-state index is -0.441. The molecule has 1 fully saturated rings. The maximum absolute atomic E-state index is 12.7. The second-order valence-corrected chi connectivity index (χ2v) is 7.29. The first-order chi connectivity index (χ1) is 13.0. The van der Waals surface area contributed by atoms with E-state index in [1.807, 2.05) is 0 Å². The van der Waals surface area contributed by atoms with Gasteiger partial charge in [0, 0.05) is 38.1 Å². The molecule has 0 spiro atoms. The third kappa shape index (κ3) is 7.03. The molecule has 2 amide bonds. The van der Waals surface area contributed by atoms with Crippen LogP contribution >= 0.6 is 0 Å². The van der Waals surface area contributed by atoms with Crippen LogP contribution in [0.1, 0.15) is 40.0 Å². The van der Waals surface area contributed by atoms with Crippen molar-refractivity contribution in [1.82, 2.24) is 20.6 Å². The maximum atomic E-state index is 12.7. The van der Waals surface area contributed by atoms with Crippen LogP contribution in [0, 0.1) is 11.8 Å². The van der Waals surface area contributed by atoms with Crippen LogP contribution in [0.2, 0.25) is 0 Å². The Bertz CT molecular complexity index is 596. The quantitative estimate of drug-likeness (QED) is 0.719. The van der Waals surface area contributed by atoms with Crippen molar-refractivity contribution in [3.63, 3.8) is 0 Å². The standard InChI is InChI=1S/C19H31N5O3/c1-4-27-19(26)23-16(10-14(2)3)11-22-18(25)15-6-5-9-24(13-15)17-12-20-7-8-21-17/h7-8,12,14-16H,4-6,9-11,13H2,1-3H3,(H,22,25)(H,23,26). The van der Waals surface area contributed by atoms with Gasteiger partial charge in [0.1, 0.15) is 5.82 Å². The molecular formula is C19H31N5O3. The summed E-state index contributed by atoms with van der Waals surface area (Å²) in [7, 11) is 0. The Morgan fingerprint density at radius 3 is 2.85 bits per heavy atom. The molecule has 8 heteroatoms. The Labute approximate surface area is 161 Å². The highest BCUT2D eigenvalue weighted by atomic mass is 16.5. The van der Waals surface area contributed by atoms with Crippen molar-refractivity contribution in [2.24, 2.45) is 11.8 Å². The van der Waals surface area contributed by atoms with Crippen LogP contribution < -0.4 is 15.5 Å². The van der Waals surface area contributed by atoms with Gasteiger partial charge in [-0.2, -0.15) is 0 Å². The van der Waals surface area contributed by atoms with Crippen molar-refractivity contribution in [2.45, 2.75) is 46.1 Å². The van der Waals surface area contributed by atoms with Gasteiger partial charge in [0.25, 0.3) is 0 Å². The largest absolute Gasteiger partial charge is 0.450 e. The van der Waals surface area contributed by atoms with Gasteiger partial charge in [0.2, 0.25) is 5.91 Å². The number of aromatic nitrogens is 2. The van der Waals surface area contributed by atoms with E-state index in [0.717, 1.165) is 31.6 Å². The van der Waals surface area contributed by atoms with E-state index in [0.29, 0.717) is 25.6 Å². The summed E-state index contributed by atoms with van der Waals surface area (Å²) < 4.78 is 4.96. The molecular weight excluding hydrogens is 346 g/mol. The Morgan fingerprint density at radius 1 is 1.37 bits per heavy atom. The van der Waals surface area contributed by atoms with Gasteiger partial charge in [-0.25, -0.2) is 9.78 Å². The second-order valence-electron chi connectivity index (χ2n) is 7.29. The zero-order valence-corrected chi connectivity index (χ0v) is 16.5. The number of nitrogens with one attached hydrogen (secondary N) is 2. The summed E-state index contributed by atoms with van der Waals surface area (Å²) in [6.07, 6.45) is 7.15. The van der Waals surface area contributed by atoms with Gasteiger partial charge in [0.15, 0.2) is 0 Å². The smallest absolute Gasteiger partial charge is 0.407 e. The third-order valence-electron chi connectivity index (χ3n) is 4.54.